The Morgan fingerprint density at radius 2 is 1.68 bits per heavy atom. The summed E-state index contributed by atoms with van der Waals surface area (Å²) in [4.78, 5) is 14.1. The number of aliphatic carboxylic acids is 1. The number of fused-ring (bicyclic) bond motifs is 1. The fraction of sp³-hybridized carbons (Fsp3) is 0.276. The highest BCUT2D eigenvalue weighted by Gasteiger charge is 2.32. The van der Waals surface area contributed by atoms with Gasteiger partial charge in [-0.1, -0.05) is 47.6 Å². The Morgan fingerprint density at radius 1 is 1.00 bits per heavy atom. The van der Waals surface area contributed by atoms with Crippen molar-refractivity contribution in [1.29, 1.82) is 0 Å². The van der Waals surface area contributed by atoms with Gasteiger partial charge in [-0.2, -0.15) is 13.2 Å². The van der Waals surface area contributed by atoms with E-state index in [1.54, 1.807) is 31.7 Å². The van der Waals surface area contributed by atoms with Gasteiger partial charge in [0.2, 0.25) is 0 Å². The number of benzene rings is 3. The Morgan fingerprint density at radius 3 is 2.30 bits per heavy atom. The Labute approximate surface area is 223 Å². The highest BCUT2D eigenvalue weighted by molar-refractivity contribution is 7.99. The largest absolute Gasteiger partial charge is 0.481 e. The zero-order chi connectivity index (χ0) is 27.1. The van der Waals surface area contributed by atoms with Crippen molar-refractivity contribution in [2.75, 3.05) is 0 Å². The number of aromatic nitrogens is 1. The van der Waals surface area contributed by atoms with Gasteiger partial charge in [0.1, 0.15) is 0 Å². The minimum absolute atomic E-state index is 0.225. The molecule has 1 N–H and O–H groups in total. The Balaban J connectivity index is 1.92. The molecule has 0 spiro atoms. The number of hydrogen-bond acceptors (Lipinski definition) is 2. The van der Waals surface area contributed by atoms with E-state index in [1.807, 2.05) is 42.7 Å². The molecule has 0 aliphatic carbocycles. The van der Waals surface area contributed by atoms with Crippen LogP contribution in [0.15, 0.2) is 70.5 Å². The number of hydrogen-bond donors (Lipinski definition) is 1. The first-order valence-corrected chi connectivity index (χ1v) is 12.9. The maximum Gasteiger partial charge on any atom is 0.416 e. The number of nitrogens with zero attached hydrogens (tertiary/aromatic N) is 1. The van der Waals surface area contributed by atoms with E-state index in [-0.39, 0.29) is 13.0 Å². The second kappa shape index (κ2) is 10.1. The zero-order valence-electron chi connectivity index (χ0n) is 20.9. The summed E-state index contributed by atoms with van der Waals surface area (Å²) < 4.78 is 41.3. The van der Waals surface area contributed by atoms with E-state index in [2.05, 4.69) is 6.07 Å². The van der Waals surface area contributed by atoms with Crippen molar-refractivity contribution >= 4 is 40.2 Å². The third-order valence-electron chi connectivity index (χ3n) is 6.45. The number of halogens is 4. The van der Waals surface area contributed by atoms with Crippen molar-refractivity contribution in [3.05, 3.63) is 93.6 Å². The van der Waals surface area contributed by atoms with Gasteiger partial charge < -0.3 is 9.67 Å². The predicted molar refractivity (Wildman–Crippen MR) is 143 cm³/mol. The molecule has 0 saturated carbocycles. The average molecular weight is 546 g/mol. The molecule has 0 amide bonds. The predicted octanol–water partition coefficient (Wildman–Crippen LogP) is 8.78. The highest BCUT2D eigenvalue weighted by atomic mass is 35.5. The van der Waals surface area contributed by atoms with Crippen LogP contribution in [0.2, 0.25) is 5.02 Å². The number of carboxylic acids is 1. The molecule has 3 nitrogen and oxygen atoms in total. The summed E-state index contributed by atoms with van der Waals surface area (Å²) in [6.45, 7) is 7.68. The molecule has 1 aromatic heterocycles. The van der Waals surface area contributed by atoms with Gasteiger partial charge >= 0.3 is 12.1 Å². The van der Waals surface area contributed by atoms with E-state index >= 15 is 0 Å². The summed E-state index contributed by atoms with van der Waals surface area (Å²) in [5.74, 6) is -0.931. The Hall–Kier alpha value is -2.90. The van der Waals surface area contributed by atoms with Crippen molar-refractivity contribution in [1.82, 2.24) is 4.57 Å². The molecule has 0 aliphatic rings. The summed E-state index contributed by atoms with van der Waals surface area (Å²) in [6.07, 6.45) is -4.19. The molecule has 37 heavy (non-hydrogen) atoms. The number of rotatable bonds is 7. The number of aryl methyl sites for hydroxylation is 2. The standard InChI is InChI=1S/C29H27ClF3NO2S/c1-17-5-6-18(2)25(13-17)37-26-22-14-21(30)11-12-23(22)34(24(26)15-28(3,4)27(35)36)16-19-7-9-20(10-8-19)29(31,32)33/h5-14H,15-16H2,1-4H3,(H,35,36). The molecule has 8 heteroatoms. The lowest BCUT2D eigenvalue weighted by Crippen LogP contribution is -2.27. The maximum absolute atomic E-state index is 13.1. The van der Waals surface area contributed by atoms with Gasteiger partial charge in [0.25, 0.3) is 0 Å². The highest BCUT2D eigenvalue weighted by Crippen LogP contribution is 2.43. The molecule has 0 aliphatic heterocycles. The molecule has 4 aromatic rings. The van der Waals surface area contributed by atoms with Crippen LogP contribution in [0.4, 0.5) is 13.2 Å². The second-order valence-corrected chi connectivity index (χ2v) is 11.4. The SMILES string of the molecule is Cc1ccc(C)c(Sc2c(CC(C)(C)C(=O)O)n(Cc3ccc(C(F)(F)F)cc3)c3ccc(Cl)cc23)c1. The molecule has 0 unspecified atom stereocenters. The summed E-state index contributed by atoms with van der Waals surface area (Å²) >= 11 is 7.96. The van der Waals surface area contributed by atoms with Crippen molar-refractivity contribution in [2.45, 2.75) is 56.6 Å². The molecule has 3 aromatic carbocycles. The quantitative estimate of drug-likeness (QED) is 0.252. The topological polar surface area (TPSA) is 42.2 Å². The molecule has 0 atom stereocenters. The van der Waals surface area contributed by atoms with Crippen molar-refractivity contribution < 1.29 is 23.1 Å². The summed E-state index contributed by atoms with van der Waals surface area (Å²) in [7, 11) is 0. The monoisotopic (exact) mass is 545 g/mol. The molecule has 0 bridgehead atoms. The fourth-order valence-electron chi connectivity index (χ4n) is 4.22. The first-order chi connectivity index (χ1) is 17.3. The average Bonchev–Trinajstić information content (AvgIpc) is 3.07. The van der Waals surface area contributed by atoms with E-state index in [9.17, 15) is 23.1 Å². The normalized spacial score (nSPS) is 12.3. The molecular formula is C29H27ClF3NO2S. The molecule has 4 rings (SSSR count). The lowest BCUT2D eigenvalue weighted by atomic mass is 9.88. The number of alkyl halides is 3. The third-order valence-corrected chi connectivity index (χ3v) is 8.00. The summed E-state index contributed by atoms with van der Waals surface area (Å²) in [5, 5.41) is 11.4. The first kappa shape index (κ1) is 27.1. The van der Waals surface area contributed by atoms with Crippen LogP contribution in [0.25, 0.3) is 10.9 Å². The minimum Gasteiger partial charge on any atom is -0.481 e. The van der Waals surface area contributed by atoms with Gasteiger partial charge in [-0.25, -0.2) is 0 Å². The molecule has 1 heterocycles. The molecular weight excluding hydrogens is 519 g/mol. The van der Waals surface area contributed by atoms with Crippen LogP contribution < -0.4 is 0 Å². The molecule has 0 saturated heterocycles. The van der Waals surface area contributed by atoms with Gasteiger partial charge in [-0.05, 0) is 80.8 Å². The summed E-state index contributed by atoms with van der Waals surface area (Å²) in [6, 6.07) is 16.8. The van der Waals surface area contributed by atoms with Crippen LogP contribution in [0, 0.1) is 19.3 Å². The Kier molecular flexibility index (Phi) is 7.41. The van der Waals surface area contributed by atoms with Gasteiger partial charge in [0.15, 0.2) is 0 Å². The lowest BCUT2D eigenvalue weighted by Gasteiger charge is -2.22. The number of carboxylic acid groups (broad SMARTS) is 1. The van der Waals surface area contributed by atoms with Crippen molar-refractivity contribution in [2.24, 2.45) is 5.41 Å². The number of carbonyl (C=O) groups is 1. The van der Waals surface area contributed by atoms with Crippen LogP contribution in [0.5, 0.6) is 0 Å². The molecule has 0 radical (unpaired) electrons. The van der Waals surface area contributed by atoms with Crippen LogP contribution in [-0.4, -0.2) is 15.6 Å². The molecule has 0 fully saturated rings. The van der Waals surface area contributed by atoms with E-state index in [1.165, 1.54) is 12.1 Å². The van der Waals surface area contributed by atoms with E-state index in [4.69, 9.17) is 11.6 Å². The van der Waals surface area contributed by atoms with Crippen LogP contribution in [0.1, 0.15) is 41.8 Å². The second-order valence-electron chi connectivity index (χ2n) is 9.95. The first-order valence-electron chi connectivity index (χ1n) is 11.7. The maximum atomic E-state index is 13.1. The van der Waals surface area contributed by atoms with Crippen LogP contribution in [-0.2, 0) is 23.9 Å². The minimum atomic E-state index is -4.42. The van der Waals surface area contributed by atoms with Gasteiger partial charge in [0, 0.05) is 44.4 Å². The van der Waals surface area contributed by atoms with Crippen LogP contribution in [0.3, 0.4) is 0 Å². The van der Waals surface area contributed by atoms with E-state index in [0.29, 0.717) is 10.6 Å². The molecule has 194 valence electrons. The fourth-order valence-corrected chi connectivity index (χ4v) is 5.66. The van der Waals surface area contributed by atoms with E-state index in [0.717, 1.165) is 49.6 Å². The van der Waals surface area contributed by atoms with Crippen molar-refractivity contribution in [3.8, 4) is 0 Å². The van der Waals surface area contributed by atoms with Gasteiger partial charge in [-0.15, -0.1) is 0 Å². The summed E-state index contributed by atoms with van der Waals surface area (Å²) in [5.41, 5.74) is 2.73. The lowest BCUT2D eigenvalue weighted by molar-refractivity contribution is -0.147. The van der Waals surface area contributed by atoms with Crippen molar-refractivity contribution in [3.63, 3.8) is 0 Å². The zero-order valence-corrected chi connectivity index (χ0v) is 22.5. The smallest absolute Gasteiger partial charge is 0.416 e. The Bertz CT molecular complexity index is 1470. The van der Waals surface area contributed by atoms with Gasteiger partial charge in [0.05, 0.1) is 11.0 Å². The van der Waals surface area contributed by atoms with Gasteiger partial charge in [-0.3, -0.25) is 4.79 Å². The van der Waals surface area contributed by atoms with E-state index < -0.39 is 23.1 Å². The van der Waals surface area contributed by atoms with Crippen LogP contribution >= 0.6 is 23.4 Å². The third kappa shape index (κ3) is 5.83.